The Balaban J connectivity index is 1.58. The van der Waals surface area contributed by atoms with E-state index in [1.54, 1.807) is 24.3 Å². The second-order valence-electron chi connectivity index (χ2n) is 9.10. The van der Waals surface area contributed by atoms with Gasteiger partial charge in [-0.2, -0.15) is 0 Å². The van der Waals surface area contributed by atoms with Gasteiger partial charge >= 0.3 is 0 Å². The fraction of sp³-hybridized carbons (Fsp3) is 0.462. The van der Waals surface area contributed by atoms with Crippen LogP contribution in [0.5, 0.6) is 11.5 Å². The maximum absolute atomic E-state index is 13.6. The summed E-state index contributed by atoms with van der Waals surface area (Å²) in [5.41, 5.74) is 0.668. The molecule has 1 aliphatic carbocycles. The van der Waals surface area contributed by atoms with Gasteiger partial charge in [-0.15, -0.1) is 11.6 Å². The number of para-hydroxylation sites is 2. The minimum absolute atomic E-state index is 0.0904. The van der Waals surface area contributed by atoms with Crippen LogP contribution in [0.4, 0.5) is 0 Å². The molecule has 1 aliphatic heterocycles. The van der Waals surface area contributed by atoms with Crippen LogP contribution in [0.2, 0.25) is 5.02 Å². The van der Waals surface area contributed by atoms with Gasteiger partial charge in [-0.1, -0.05) is 42.8 Å². The predicted octanol–water partition coefficient (Wildman–Crippen LogP) is 4.98. The van der Waals surface area contributed by atoms with Crippen molar-refractivity contribution in [3.8, 4) is 11.5 Å². The van der Waals surface area contributed by atoms with Crippen LogP contribution in [0.3, 0.4) is 0 Å². The zero-order valence-electron chi connectivity index (χ0n) is 19.2. The summed E-state index contributed by atoms with van der Waals surface area (Å²) in [5, 5.41) is 3.74. The molecule has 2 aromatic carbocycles. The fourth-order valence-electron chi connectivity index (χ4n) is 4.60. The van der Waals surface area contributed by atoms with E-state index in [1.165, 1.54) is 4.90 Å². The molecule has 0 saturated heterocycles. The van der Waals surface area contributed by atoms with Crippen molar-refractivity contribution in [3.63, 3.8) is 0 Å². The first-order valence-corrected chi connectivity index (χ1v) is 12.7. The highest BCUT2D eigenvalue weighted by molar-refractivity contribution is 6.30. The summed E-state index contributed by atoms with van der Waals surface area (Å²) in [7, 11) is 0. The summed E-state index contributed by atoms with van der Waals surface area (Å²) in [6, 6.07) is 13.6. The maximum Gasteiger partial charge on any atom is 0.247 e. The molecule has 6 nitrogen and oxygen atoms in total. The van der Waals surface area contributed by atoms with Crippen LogP contribution in [0.25, 0.3) is 0 Å². The van der Waals surface area contributed by atoms with E-state index in [-0.39, 0.29) is 36.9 Å². The van der Waals surface area contributed by atoms with Crippen molar-refractivity contribution in [2.45, 2.75) is 50.8 Å². The first-order valence-electron chi connectivity index (χ1n) is 11.7. The summed E-state index contributed by atoms with van der Waals surface area (Å²) < 4.78 is 11.9. The summed E-state index contributed by atoms with van der Waals surface area (Å²) in [6.07, 6.45) is 3.57. The number of hydrogen-bond donors (Lipinski definition) is 1. The summed E-state index contributed by atoms with van der Waals surface area (Å²) >= 11 is 12.1. The Hall–Kier alpha value is -2.44. The topological polar surface area (TPSA) is 67.9 Å². The second-order valence-corrected chi connectivity index (χ2v) is 9.80. The van der Waals surface area contributed by atoms with E-state index < -0.39 is 12.1 Å². The van der Waals surface area contributed by atoms with Gasteiger partial charge in [0.25, 0.3) is 0 Å². The first-order chi connectivity index (χ1) is 16.4. The lowest BCUT2D eigenvalue weighted by Gasteiger charge is -2.36. The van der Waals surface area contributed by atoms with Crippen LogP contribution >= 0.6 is 23.2 Å². The average Bonchev–Trinajstić information content (AvgIpc) is 2.85. The van der Waals surface area contributed by atoms with E-state index in [0.717, 1.165) is 25.7 Å². The molecule has 1 heterocycles. The highest BCUT2D eigenvalue weighted by atomic mass is 35.5. The Morgan fingerprint density at radius 1 is 1.06 bits per heavy atom. The number of nitrogens with one attached hydrogen (secondary N) is 1. The van der Waals surface area contributed by atoms with Crippen molar-refractivity contribution in [2.24, 2.45) is 5.92 Å². The number of carbonyl (C=O) groups excluding carboxylic acids is 2. The third kappa shape index (κ3) is 5.97. The molecule has 182 valence electrons. The zero-order chi connectivity index (χ0) is 24.1. The molecule has 2 atom stereocenters. The quantitative estimate of drug-likeness (QED) is 0.539. The zero-order valence-corrected chi connectivity index (χ0v) is 20.7. The van der Waals surface area contributed by atoms with Crippen LogP contribution in [-0.4, -0.2) is 47.9 Å². The molecule has 1 fully saturated rings. The molecule has 34 heavy (non-hydrogen) atoms. The van der Waals surface area contributed by atoms with Gasteiger partial charge in [0.05, 0.1) is 6.54 Å². The SMILES string of the molecule is CC1CCC(NC(=O)[C@@H](c2ccc(Cl)cc2)N(C[C@H]2COc3ccccc3O2)C(=O)CCl)CC1. The molecule has 0 bridgehead atoms. The predicted molar refractivity (Wildman–Crippen MR) is 133 cm³/mol. The number of hydrogen-bond acceptors (Lipinski definition) is 4. The molecule has 2 amide bonds. The van der Waals surface area contributed by atoms with Crippen LogP contribution in [0, 0.1) is 5.92 Å². The Morgan fingerprint density at radius 2 is 1.74 bits per heavy atom. The van der Waals surface area contributed by atoms with Gasteiger partial charge < -0.3 is 19.7 Å². The number of benzene rings is 2. The summed E-state index contributed by atoms with van der Waals surface area (Å²) in [4.78, 5) is 28.2. The Labute approximate surface area is 210 Å². The van der Waals surface area contributed by atoms with Gasteiger partial charge in [0.1, 0.15) is 18.5 Å². The first kappa shape index (κ1) is 24.7. The molecule has 2 aliphatic rings. The molecule has 1 N–H and O–H groups in total. The summed E-state index contributed by atoms with van der Waals surface area (Å²) in [5.74, 6) is 1.12. The fourth-order valence-corrected chi connectivity index (χ4v) is 4.88. The lowest BCUT2D eigenvalue weighted by atomic mass is 9.87. The van der Waals surface area contributed by atoms with Crippen molar-refractivity contribution in [3.05, 3.63) is 59.1 Å². The Kier molecular flexibility index (Phi) is 8.22. The number of ether oxygens (including phenoxy) is 2. The van der Waals surface area contributed by atoms with Crippen molar-refractivity contribution in [1.29, 1.82) is 0 Å². The number of carbonyl (C=O) groups is 2. The second kappa shape index (κ2) is 11.3. The van der Waals surface area contributed by atoms with Gasteiger partial charge in [0.15, 0.2) is 17.6 Å². The normalized spacial score (nSPS) is 22.5. The number of rotatable bonds is 7. The van der Waals surface area contributed by atoms with E-state index in [9.17, 15) is 9.59 Å². The number of fused-ring (bicyclic) bond motifs is 1. The molecule has 2 aromatic rings. The van der Waals surface area contributed by atoms with Gasteiger partial charge in [0.2, 0.25) is 11.8 Å². The Bertz CT molecular complexity index is 993. The van der Waals surface area contributed by atoms with Crippen molar-refractivity contribution < 1.29 is 19.1 Å². The average molecular weight is 505 g/mol. The molecule has 0 aromatic heterocycles. The van der Waals surface area contributed by atoms with E-state index in [1.807, 2.05) is 24.3 Å². The molecule has 0 unspecified atom stereocenters. The van der Waals surface area contributed by atoms with Crippen molar-refractivity contribution in [1.82, 2.24) is 10.2 Å². The van der Waals surface area contributed by atoms with Crippen LogP contribution in [0.15, 0.2) is 48.5 Å². The number of halogens is 2. The highest BCUT2D eigenvalue weighted by Gasteiger charge is 2.36. The minimum atomic E-state index is -0.858. The molecular formula is C26H30Cl2N2O4. The van der Waals surface area contributed by atoms with E-state index >= 15 is 0 Å². The van der Waals surface area contributed by atoms with Crippen LogP contribution in [0.1, 0.15) is 44.2 Å². The van der Waals surface area contributed by atoms with E-state index in [2.05, 4.69) is 12.2 Å². The summed E-state index contributed by atoms with van der Waals surface area (Å²) in [6.45, 7) is 2.65. The van der Waals surface area contributed by atoms with Crippen molar-refractivity contribution >= 4 is 35.0 Å². The molecular weight excluding hydrogens is 475 g/mol. The van der Waals surface area contributed by atoms with Gasteiger partial charge in [-0.25, -0.2) is 0 Å². The lowest BCUT2D eigenvalue weighted by molar-refractivity contribution is -0.141. The Morgan fingerprint density at radius 3 is 2.41 bits per heavy atom. The molecule has 0 spiro atoms. The number of amides is 2. The smallest absolute Gasteiger partial charge is 0.247 e. The molecule has 0 radical (unpaired) electrons. The minimum Gasteiger partial charge on any atom is -0.486 e. The monoisotopic (exact) mass is 504 g/mol. The van der Waals surface area contributed by atoms with E-state index in [4.69, 9.17) is 32.7 Å². The van der Waals surface area contributed by atoms with Crippen LogP contribution in [-0.2, 0) is 9.59 Å². The van der Waals surface area contributed by atoms with E-state index in [0.29, 0.717) is 28.0 Å². The van der Waals surface area contributed by atoms with Gasteiger partial charge in [-0.3, -0.25) is 9.59 Å². The van der Waals surface area contributed by atoms with Gasteiger partial charge in [-0.05, 0) is 61.4 Å². The van der Waals surface area contributed by atoms with Crippen LogP contribution < -0.4 is 14.8 Å². The highest BCUT2D eigenvalue weighted by Crippen LogP contribution is 2.32. The molecule has 8 heteroatoms. The largest absolute Gasteiger partial charge is 0.486 e. The standard InChI is InChI=1S/C26H30Cl2N2O4/c1-17-6-12-20(13-7-17)29-26(32)25(18-8-10-19(28)11-9-18)30(24(31)14-27)15-21-16-33-22-4-2-3-5-23(22)34-21/h2-5,8-11,17,20-21,25H,6-7,12-16H2,1H3,(H,29,32)/t17?,20?,21-,25+/m0/s1. The number of alkyl halides is 1. The molecule has 4 rings (SSSR count). The number of nitrogens with zero attached hydrogens (tertiary/aromatic N) is 1. The van der Waals surface area contributed by atoms with Crippen molar-refractivity contribution in [2.75, 3.05) is 19.0 Å². The lowest BCUT2D eigenvalue weighted by Crippen LogP contribution is -2.51. The molecule has 1 saturated carbocycles. The third-order valence-corrected chi connectivity index (χ3v) is 6.99. The maximum atomic E-state index is 13.6. The third-order valence-electron chi connectivity index (χ3n) is 6.51. The van der Waals surface area contributed by atoms with Gasteiger partial charge in [0, 0.05) is 11.1 Å².